The van der Waals surface area contributed by atoms with E-state index in [1.165, 1.54) is 52.1 Å². The smallest absolute Gasteiger partial charge is 0.326 e. The molecule has 47 heteroatoms. The van der Waals surface area contributed by atoms with Gasteiger partial charge in [-0.3, -0.25) is 82.1 Å². The van der Waals surface area contributed by atoms with Crippen LogP contribution in [0.4, 0.5) is 0 Å². The van der Waals surface area contributed by atoms with Crippen LogP contribution in [-0.4, -0.2) is 320 Å². The number of aliphatic hydroxyl groups is 2. The van der Waals surface area contributed by atoms with Crippen molar-refractivity contribution in [3.05, 3.63) is 65.9 Å². The number of guanidine groups is 1. The van der Waals surface area contributed by atoms with Crippen LogP contribution >= 0.6 is 21.6 Å². The van der Waals surface area contributed by atoms with E-state index in [1.54, 1.807) is 38.1 Å². The molecule has 1 aromatic heterocycles. The summed E-state index contributed by atoms with van der Waals surface area (Å²) in [6, 6.07) is -10.3. The molecule has 4 fully saturated rings. The molecule has 730 valence electrons. The molecule has 0 radical (unpaired) electrons. The molecule has 4 aliphatic rings. The second-order valence-electron chi connectivity index (χ2n) is 33.7. The summed E-state index contributed by atoms with van der Waals surface area (Å²) in [5, 5.41) is 87.5. The minimum Gasteiger partial charge on any atom is -0.508 e. The Labute approximate surface area is 772 Å². The summed E-state index contributed by atoms with van der Waals surface area (Å²) in [6.07, 6.45) is 1.46. The van der Waals surface area contributed by atoms with Gasteiger partial charge < -0.3 is 143 Å². The van der Waals surface area contributed by atoms with Gasteiger partial charge in [-0.1, -0.05) is 65.8 Å². The molecule has 16 atom stereocenters. The number of aromatic nitrogens is 1. The Morgan fingerprint density at radius 3 is 1.70 bits per heavy atom. The lowest BCUT2D eigenvalue weighted by Gasteiger charge is -2.34. The van der Waals surface area contributed by atoms with Crippen LogP contribution in [0.25, 0.3) is 10.9 Å². The third-order valence-corrected chi connectivity index (χ3v) is 25.4. The molecule has 2 aromatic carbocycles. The number of nitrogens with two attached hydrogens (primary N) is 5. The number of phenols is 1. The number of carbonyl (C=O) groups excluding carboxylic acids is 16. The molecule has 132 heavy (non-hydrogen) atoms. The zero-order valence-corrected chi connectivity index (χ0v) is 76.5. The monoisotopic (exact) mass is 1890 g/mol. The van der Waals surface area contributed by atoms with E-state index in [-0.39, 0.29) is 154 Å². The number of nitrogens with zero attached hydrogens (tertiary/aromatic N) is 3. The van der Waals surface area contributed by atoms with Gasteiger partial charge in [-0.05, 0) is 184 Å². The minimum atomic E-state index is -1.98. The second kappa shape index (κ2) is 54.5. The highest BCUT2D eigenvalue weighted by atomic mass is 33.1. The molecule has 0 saturated carbocycles. The van der Waals surface area contributed by atoms with Crippen LogP contribution < -0.4 is 103 Å². The van der Waals surface area contributed by atoms with Crippen LogP contribution in [0, 0.1) is 11.3 Å². The summed E-state index contributed by atoms with van der Waals surface area (Å²) in [5.74, 6) is -18.0. The molecule has 4 aliphatic heterocycles. The number of hydrogen-bond donors (Lipinski definition) is 25. The summed E-state index contributed by atoms with van der Waals surface area (Å²) in [5.41, 5.74) is 29.9. The Balaban J connectivity index is 1.31. The highest BCUT2D eigenvalue weighted by Gasteiger charge is 2.47. The van der Waals surface area contributed by atoms with Gasteiger partial charge in [0.05, 0.1) is 25.8 Å². The summed E-state index contributed by atoms with van der Waals surface area (Å²) >= 11 is 0. The molecule has 0 aliphatic carbocycles. The van der Waals surface area contributed by atoms with Gasteiger partial charge in [0.25, 0.3) is 0 Å². The van der Waals surface area contributed by atoms with Gasteiger partial charge in [0.2, 0.25) is 94.5 Å². The normalized spacial score (nSPS) is 23.3. The fourth-order valence-corrected chi connectivity index (χ4v) is 18.2. The molecule has 30 N–H and O–H groups in total. The third-order valence-electron chi connectivity index (χ3n) is 23.0. The van der Waals surface area contributed by atoms with Crippen LogP contribution in [-0.2, 0) is 94.3 Å². The molecular formula is C85H132N24O21S2. The number of carbonyl (C=O) groups is 17. The molecule has 0 bridgehead atoms. The van der Waals surface area contributed by atoms with Crippen LogP contribution in [0.5, 0.6) is 5.75 Å². The molecular weight excluding hydrogens is 1760 g/mol. The number of hydrogen-bond acceptors (Lipinski definition) is 27. The van der Waals surface area contributed by atoms with Gasteiger partial charge >= 0.3 is 5.97 Å². The lowest BCUT2D eigenvalue weighted by molar-refractivity contribution is -0.148. The largest absolute Gasteiger partial charge is 0.508 e. The average Bonchev–Trinajstić information content (AvgIpc) is 1.68. The maximum atomic E-state index is 15.5. The van der Waals surface area contributed by atoms with E-state index >= 15 is 28.8 Å². The van der Waals surface area contributed by atoms with Crippen molar-refractivity contribution in [2.24, 2.45) is 34.6 Å². The fourth-order valence-electron chi connectivity index (χ4n) is 15.9. The van der Waals surface area contributed by atoms with Crippen molar-refractivity contribution in [2.75, 3.05) is 77.0 Å². The number of aromatic amines is 1. The number of unbranched alkanes of at least 4 members (excludes halogenated alkanes) is 3. The maximum Gasteiger partial charge on any atom is 0.326 e. The molecule has 7 rings (SSSR count). The number of aliphatic carboxylic acids is 1. The number of para-hydroxylation sites is 1. The zero-order valence-electron chi connectivity index (χ0n) is 74.9. The number of nitrogens with one attached hydrogen (secondary N) is 16. The highest BCUT2D eigenvalue weighted by Crippen LogP contribution is 2.30. The van der Waals surface area contributed by atoms with Crippen molar-refractivity contribution in [1.82, 2.24) is 94.1 Å². The Kier molecular flexibility index (Phi) is 44.4. The number of aliphatic hydroxyl groups excluding tert-OH is 2. The van der Waals surface area contributed by atoms with E-state index in [2.05, 4.69) is 79.4 Å². The predicted octanol–water partition coefficient (Wildman–Crippen LogP) is -5.91. The number of amides is 16. The number of rotatable bonds is 37. The van der Waals surface area contributed by atoms with Crippen molar-refractivity contribution in [3.8, 4) is 5.75 Å². The number of H-pyrrole nitrogens is 1. The van der Waals surface area contributed by atoms with Crippen LogP contribution in [0.15, 0.2) is 54.7 Å². The lowest BCUT2D eigenvalue weighted by atomic mass is 10.0. The van der Waals surface area contributed by atoms with Crippen molar-refractivity contribution >= 4 is 139 Å². The highest BCUT2D eigenvalue weighted by molar-refractivity contribution is 8.76. The van der Waals surface area contributed by atoms with E-state index in [9.17, 15) is 73.2 Å². The minimum absolute atomic E-state index is 0.000144. The summed E-state index contributed by atoms with van der Waals surface area (Å²) < 4.78 is 0. The summed E-state index contributed by atoms with van der Waals surface area (Å²) in [6.45, 7) is 4.02. The molecule has 45 nitrogen and oxygen atoms in total. The van der Waals surface area contributed by atoms with Gasteiger partial charge in [-0.2, -0.15) is 0 Å². The van der Waals surface area contributed by atoms with E-state index < -0.39 is 241 Å². The van der Waals surface area contributed by atoms with Gasteiger partial charge in [-0.25, -0.2) is 4.79 Å². The molecule has 16 amide bonds. The van der Waals surface area contributed by atoms with E-state index in [4.69, 9.17) is 34.1 Å². The predicted molar refractivity (Wildman–Crippen MR) is 488 cm³/mol. The van der Waals surface area contributed by atoms with Crippen molar-refractivity contribution in [2.45, 2.75) is 253 Å². The number of carboxylic acid groups (broad SMARTS) is 1. The third kappa shape index (κ3) is 33.0. The van der Waals surface area contributed by atoms with Crippen molar-refractivity contribution in [3.63, 3.8) is 0 Å². The van der Waals surface area contributed by atoms with E-state index in [1.807, 2.05) is 0 Å². The van der Waals surface area contributed by atoms with E-state index in [0.717, 1.165) is 28.5 Å². The maximum absolute atomic E-state index is 15.5. The first-order chi connectivity index (χ1) is 63.0. The van der Waals surface area contributed by atoms with Gasteiger partial charge in [-0.15, -0.1) is 0 Å². The number of aromatic hydroxyl groups is 1. The summed E-state index contributed by atoms with van der Waals surface area (Å²) in [4.78, 5) is 254. The Bertz CT molecular complexity index is 4470. The van der Waals surface area contributed by atoms with Gasteiger partial charge in [0.15, 0.2) is 5.96 Å². The fraction of sp³-hybridized carbons (Fsp3) is 0.624. The van der Waals surface area contributed by atoms with E-state index in [0.29, 0.717) is 47.7 Å². The van der Waals surface area contributed by atoms with Crippen LogP contribution in [0.2, 0.25) is 0 Å². The Morgan fingerprint density at radius 1 is 0.538 bits per heavy atom. The SMILES string of the molecule is CC(C)C[C@H](NC(=O)[C@H](C)NC(=O)CN)C(=O)N[C@@H](CCCNC(=N)N)C(=O)NCC(=O)N[C@H]1CSSC[C@@H](C(=O)N[C@@H](CCCCN)C(=O)O)NC(=O)[C@@H]2CCCN2C(=O)[C@H](CCCCN)NC(=O)[C@@H]2CCCN2C(=O)[C@@H]2CCCN2C(=O)[C@H](Cc2ccc(O)cc2)NC(=O)[C@H](CO)NC(=O)[C@H](CCCCN)NC(=O)[C@H]([C@@H](C)O)NC(=O)[C@H](Cc2c[nH]c3ccccc23)NC1=O. The molecule has 3 aromatic rings. The molecule has 0 spiro atoms. The van der Waals surface area contributed by atoms with Gasteiger partial charge in [0, 0.05) is 67.6 Å². The quantitative estimate of drug-likeness (QED) is 0.0111. The number of carboxylic acids is 1. The van der Waals surface area contributed by atoms with Crippen molar-refractivity contribution in [1.29, 1.82) is 5.41 Å². The lowest BCUT2D eigenvalue weighted by Crippen LogP contribution is -2.62. The number of fused-ring (bicyclic) bond motifs is 4. The molecule has 4 saturated heterocycles. The Morgan fingerprint density at radius 2 is 1.08 bits per heavy atom. The van der Waals surface area contributed by atoms with Crippen LogP contribution in [0.3, 0.4) is 0 Å². The molecule has 5 heterocycles. The first-order valence-electron chi connectivity index (χ1n) is 44.8. The number of phenolic OH excluding ortho intramolecular Hbond substituents is 1. The zero-order chi connectivity index (χ0) is 96.8. The van der Waals surface area contributed by atoms with Crippen molar-refractivity contribution < 1.29 is 102 Å². The first kappa shape index (κ1) is 108. The average molecular weight is 1890 g/mol. The standard InChI is InChI=1S/C85H132N24O21S2/c1-46(2)37-58(101-70(115)47(3)95-67(113)40-89)73(118)97-54(22-13-33-92-85(90)91)71(116)94-42-68(114)96-62-44-131-132-45-63(77(122)100-57(84(129)130)21-9-12-32-88)105-79(124)64-23-14-34-107(64)81(126)56(20-8-11-31-87)99-78(123)65-24-15-35-108(65)83(128)66-25-16-36-109(66)82(127)60(38-49-26-28-51(112)29-27-49)103-75(120)61(43-110)104-72(117)55(19-7-10-30-86)98-80(125)69(48(4)111)106-74(119)59(102-76(62)121)39-50-41-93-53-18-6-5-17-52(50)53/h5-6,17-18,26-29,41,46-48,54-66,69,93,110-112H,7-16,19-25,30-40,42-45,86-89H2,1-4H3,(H,94,116)(H,95,113)(H,96,114)(H,97,118)(H,98,125)(H,99,123)(H,100,122)(H,101,115)(H,102,121)(H,103,120)(H,104,117)(H,105,124)(H,106,119)(H,129,130)(H4,90,91,92)/t47-,48+,54-,55-,56-,57-,58-,59-,60-,61-,62-,63-,64-,65-,66-,69-/m0/s1. The van der Waals surface area contributed by atoms with Crippen LogP contribution in [0.1, 0.15) is 154 Å². The first-order valence-corrected chi connectivity index (χ1v) is 47.3. The second-order valence-corrected chi connectivity index (χ2v) is 36.2. The Hall–Kier alpha value is -11.5. The molecule has 0 unspecified atom stereocenters. The van der Waals surface area contributed by atoms with Gasteiger partial charge in [0.1, 0.15) is 96.4 Å². The number of benzene rings is 2. The topological polar surface area (TPSA) is 719 Å². The summed E-state index contributed by atoms with van der Waals surface area (Å²) in [7, 11) is 1.63.